The van der Waals surface area contributed by atoms with Crippen molar-refractivity contribution >= 4 is 22.9 Å². The zero-order valence-electron chi connectivity index (χ0n) is 18.7. The first-order valence-corrected chi connectivity index (χ1v) is 10.8. The molecule has 0 fully saturated rings. The molecule has 0 spiro atoms. The Bertz CT molecular complexity index is 1280. The highest BCUT2D eigenvalue weighted by molar-refractivity contribution is 6.02. The molecule has 0 aliphatic rings. The van der Waals surface area contributed by atoms with Gasteiger partial charge in [-0.15, -0.1) is 0 Å². The van der Waals surface area contributed by atoms with Gasteiger partial charge in [0.15, 0.2) is 6.61 Å². The van der Waals surface area contributed by atoms with Crippen LogP contribution in [0.4, 0.5) is 0 Å². The van der Waals surface area contributed by atoms with Gasteiger partial charge in [0.05, 0.1) is 6.21 Å². The van der Waals surface area contributed by atoms with Crippen LogP contribution in [0.2, 0.25) is 0 Å². The third-order valence-electron chi connectivity index (χ3n) is 5.77. The van der Waals surface area contributed by atoms with Crippen LogP contribution in [0.5, 0.6) is 11.5 Å². The molecule has 0 heterocycles. The van der Waals surface area contributed by atoms with Gasteiger partial charge in [0.2, 0.25) is 0 Å². The monoisotopic (exact) mass is 438 g/mol. The van der Waals surface area contributed by atoms with Crippen LogP contribution in [-0.4, -0.2) is 23.8 Å². The van der Waals surface area contributed by atoms with Crippen molar-refractivity contribution in [3.63, 3.8) is 0 Å². The second kappa shape index (κ2) is 9.57. The van der Waals surface area contributed by atoms with Crippen molar-refractivity contribution in [3.05, 3.63) is 108 Å². The standard InChI is InChI=1S/C28H26N2O3/c1-28(2,21-9-4-3-5-10-21)22-13-15-23(16-14-22)33-19-27(32)30-29-18-25-24-11-7-6-8-20(24)12-17-26(25)31/h3-18,31H,19H2,1-2H3,(H,30,32). The first kappa shape index (κ1) is 22.1. The van der Waals surface area contributed by atoms with Gasteiger partial charge in [-0.05, 0) is 40.1 Å². The highest BCUT2D eigenvalue weighted by Crippen LogP contribution is 2.32. The Morgan fingerprint density at radius 2 is 1.58 bits per heavy atom. The number of phenols is 1. The van der Waals surface area contributed by atoms with Gasteiger partial charge in [-0.1, -0.05) is 86.6 Å². The maximum Gasteiger partial charge on any atom is 0.277 e. The molecule has 0 bridgehead atoms. The summed E-state index contributed by atoms with van der Waals surface area (Å²) in [5.74, 6) is 0.314. The second-order valence-electron chi connectivity index (χ2n) is 8.32. The number of fused-ring (bicyclic) bond motifs is 1. The van der Waals surface area contributed by atoms with Crippen LogP contribution in [0.1, 0.15) is 30.5 Å². The zero-order valence-corrected chi connectivity index (χ0v) is 18.7. The van der Waals surface area contributed by atoms with Gasteiger partial charge < -0.3 is 9.84 Å². The maximum atomic E-state index is 12.2. The molecule has 0 aliphatic carbocycles. The number of aromatic hydroxyl groups is 1. The number of hydrogen-bond acceptors (Lipinski definition) is 4. The van der Waals surface area contributed by atoms with Crippen molar-refractivity contribution in [1.29, 1.82) is 0 Å². The minimum atomic E-state index is -0.389. The number of phenolic OH excluding ortho intramolecular Hbond substituents is 1. The molecular formula is C28H26N2O3. The molecule has 1 amide bonds. The van der Waals surface area contributed by atoms with Crippen molar-refractivity contribution in [3.8, 4) is 11.5 Å². The summed E-state index contributed by atoms with van der Waals surface area (Å²) in [6.07, 6.45) is 1.44. The zero-order chi connectivity index (χ0) is 23.3. The van der Waals surface area contributed by atoms with E-state index in [1.54, 1.807) is 6.07 Å². The number of hydrazone groups is 1. The van der Waals surface area contributed by atoms with Crippen LogP contribution < -0.4 is 10.2 Å². The van der Waals surface area contributed by atoms with Crippen molar-refractivity contribution in [2.24, 2.45) is 5.10 Å². The predicted octanol–water partition coefficient (Wildman–Crippen LogP) is 5.40. The molecule has 0 unspecified atom stereocenters. The summed E-state index contributed by atoms with van der Waals surface area (Å²) < 4.78 is 5.60. The molecule has 4 aromatic carbocycles. The summed E-state index contributed by atoms with van der Waals surface area (Å²) in [5.41, 5.74) is 5.24. The summed E-state index contributed by atoms with van der Waals surface area (Å²) in [6.45, 7) is 4.19. The molecule has 0 aliphatic heterocycles. The molecule has 4 rings (SSSR count). The average molecular weight is 439 g/mol. The summed E-state index contributed by atoms with van der Waals surface area (Å²) in [4.78, 5) is 12.2. The van der Waals surface area contributed by atoms with E-state index in [1.165, 1.54) is 11.8 Å². The topological polar surface area (TPSA) is 70.9 Å². The molecule has 0 saturated carbocycles. The van der Waals surface area contributed by atoms with E-state index in [-0.39, 0.29) is 23.7 Å². The lowest BCUT2D eigenvalue weighted by molar-refractivity contribution is -0.123. The molecule has 2 N–H and O–H groups in total. The number of nitrogens with one attached hydrogen (secondary N) is 1. The van der Waals surface area contributed by atoms with Gasteiger partial charge in [-0.25, -0.2) is 5.43 Å². The quantitative estimate of drug-likeness (QED) is 0.300. The van der Waals surface area contributed by atoms with Gasteiger partial charge in [0.25, 0.3) is 5.91 Å². The lowest BCUT2D eigenvalue weighted by Gasteiger charge is -2.26. The maximum absolute atomic E-state index is 12.2. The van der Waals surface area contributed by atoms with E-state index < -0.39 is 0 Å². The predicted molar refractivity (Wildman–Crippen MR) is 132 cm³/mol. The van der Waals surface area contributed by atoms with Crippen LogP contribution in [0.25, 0.3) is 10.8 Å². The van der Waals surface area contributed by atoms with Gasteiger partial charge in [-0.3, -0.25) is 4.79 Å². The third kappa shape index (κ3) is 5.04. The Labute approximate surface area is 193 Å². The van der Waals surface area contributed by atoms with Crippen LogP contribution in [0.3, 0.4) is 0 Å². The molecule has 5 nitrogen and oxygen atoms in total. The van der Waals surface area contributed by atoms with E-state index >= 15 is 0 Å². The van der Waals surface area contributed by atoms with E-state index in [2.05, 4.69) is 36.5 Å². The Kier molecular flexibility index (Phi) is 6.41. The number of nitrogens with zero attached hydrogens (tertiary/aromatic N) is 1. The molecule has 0 saturated heterocycles. The number of carbonyl (C=O) groups is 1. The highest BCUT2D eigenvalue weighted by Gasteiger charge is 2.22. The first-order valence-electron chi connectivity index (χ1n) is 10.8. The minimum absolute atomic E-state index is 0.0986. The van der Waals surface area contributed by atoms with Crippen molar-refractivity contribution in [2.45, 2.75) is 19.3 Å². The fourth-order valence-corrected chi connectivity index (χ4v) is 3.76. The number of ether oxygens (including phenoxy) is 1. The van der Waals surface area contributed by atoms with Gasteiger partial charge in [0.1, 0.15) is 11.5 Å². The average Bonchev–Trinajstić information content (AvgIpc) is 2.85. The molecule has 4 aromatic rings. The molecule has 0 radical (unpaired) electrons. The second-order valence-corrected chi connectivity index (χ2v) is 8.32. The number of benzene rings is 4. The minimum Gasteiger partial charge on any atom is -0.507 e. The molecule has 0 atom stereocenters. The van der Waals surface area contributed by atoms with Crippen LogP contribution in [-0.2, 0) is 10.2 Å². The van der Waals surface area contributed by atoms with E-state index in [1.807, 2.05) is 72.8 Å². The summed E-state index contributed by atoms with van der Waals surface area (Å²) in [5, 5.41) is 16.0. The summed E-state index contributed by atoms with van der Waals surface area (Å²) >= 11 is 0. The molecule has 166 valence electrons. The van der Waals surface area contributed by atoms with Crippen LogP contribution in [0, 0.1) is 0 Å². The Morgan fingerprint density at radius 1 is 0.909 bits per heavy atom. The summed E-state index contributed by atoms with van der Waals surface area (Å²) in [6, 6.07) is 29.2. The fourth-order valence-electron chi connectivity index (χ4n) is 3.76. The number of rotatable bonds is 7. The smallest absolute Gasteiger partial charge is 0.277 e. The molecule has 5 heteroatoms. The van der Waals surface area contributed by atoms with Gasteiger partial charge in [-0.2, -0.15) is 5.10 Å². The van der Waals surface area contributed by atoms with Gasteiger partial charge in [0, 0.05) is 11.0 Å². The van der Waals surface area contributed by atoms with E-state index in [9.17, 15) is 9.90 Å². The van der Waals surface area contributed by atoms with E-state index in [0.29, 0.717) is 11.3 Å². The first-order chi connectivity index (χ1) is 15.9. The Hall–Kier alpha value is -4.12. The molecular weight excluding hydrogens is 412 g/mol. The number of hydrogen-bond donors (Lipinski definition) is 2. The molecule has 0 aromatic heterocycles. The fraction of sp³-hybridized carbons (Fsp3) is 0.143. The normalized spacial score (nSPS) is 11.6. The van der Waals surface area contributed by atoms with E-state index in [4.69, 9.17) is 4.74 Å². The largest absolute Gasteiger partial charge is 0.507 e. The van der Waals surface area contributed by atoms with Crippen molar-refractivity contribution in [2.75, 3.05) is 6.61 Å². The lowest BCUT2D eigenvalue weighted by atomic mass is 9.78. The van der Waals surface area contributed by atoms with Crippen LogP contribution >= 0.6 is 0 Å². The van der Waals surface area contributed by atoms with Gasteiger partial charge >= 0.3 is 0 Å². The Morgan fingerprint density at radius 3 is 2.33 bits per heavy atom. The van der Waals surface area contributed by atoms with E-state index in [0.717, 1.165) is 16.3 Å². The number of amides is 1. The molecule has 33 heavy (non-hydrogen) atoms. The van der Waals surface area contributed by atoms with Crippen LogP contribution in [0.15, 0.2) is 96.1 Å². The Balaban J connectivity index is 1.35. The SMILES string of the molecule is CC(C)(c1ccccc1)c1ccc(OCC(=O)NN=Cc2c(O)ccc3ccccc23)cc1. The summed E-state index contributed by atoms with van der Waals surface area (Å²) in [7, 11) is 0. The lowest BCUT2D eigenvalue weighted by Crippen LogP contribution is -2.24. The highest BCUT2D eigenvalue weighted by atomic mass is 16.5. The number of carbonyl (C=O) groups excluding carboxylic acids is 1. The van der Waals surface area contributed by atoms with Crippen molar-refractivity contribution < 1.29 is 14.6 Å². The third-order valence-corrected chi connectivity index (χ3v) is 5.77. The van der Waals surface area contributed by atoms with Crippen molar-refractivity contribution in [1.82, 2.24) is 5.43 Å².